The van der Waals surface area contributed by atoms with Gasteiger partial charge in [-0.2, -0.15) is 0 Å². The number of rotatable bonds is 3. The Balaban J connectivity index is 1.79. The van der Waals surface area contributed by atoms with Gasteiger partial charge in [0.25, 0.3) is 0 Å². The van der Waals surface area contributed by atoms with E-state index in [2.05, 4.69) is 11.9 Å². The van der Waals surface area contributed by atoms with Gasteiger partial charge in [-0.3, -0.25) is 4.98 Å². The second kappa shape index (κ2) is 6.92. The van der Waals surface area contributed by atoms with Crippen LogP contribution < -0.4 is 0 Å². The first-order valence-corrected chi connectivity index (χ1v) is 10.4. The smallest absolute Gasteiger partial charge is 0.337 e. The molecular weight excluding hydrogens is 366 g/mol. The summed E-state index contributed by atoms with van der Waals surface area (Å²) in [6, 6.07) is 11.2. The molecule has 0 spiro atoms. The molecule has 1 heterocycles. The zero-order valence-electron chi connectivity index (χ0n) is 17.3. The minimum atomic E-state index is -1.39. The molecule has 0 radical (unpaired) electrons. The third-order valence-corrected chi connectivity index (χ3v) is 7.42. The van der Waals surface area contributed by atoms with Gasteiger partial charge < -0.3 is 14.9 Å². The van der Waals surface area contributed by atoms with E-state index in [0.717, 1.165) is 24.8 Å². The summed E-state index contributed by atoms with van der Waals surface area (Å²) in [6.45, 7) is 3.88. The lowest BCUT2D eigenvalue weighted by Crippen LogP contribution is -2.62. The number of nitrogens with zero attached hydrogens (tertiary/aromatic N) is 1. The highest BCUT2D eigenvalue weighted by Gasteiger charge is 2.61. The number of hydrogen-bond acceptors (Lipinski definition) is 5. The van der Waals surface area contributed by atoms with E-state index in [4.69, 9.17) is 4.74 Å². The van der Waals surface area contributed by atoms with Crippen molar-refractivity contribution in [2.75, 3.05) is 7.11 Å². The van der Waals surface area contributed by atoms with Gasteiger partial charge in [-0.15, -0.1) is 0 Å². The SMILES string of the molecule is CCC12CC(C)(O)C(O)(c3ccccn3)CC1CCc1cc(C(=O)OC)ccc12. The molecule has 1 aromatic carbocycles. The number of methoxy groups -OCH3 is 1. The number of benzene rings is 1. The summed E-state index contributed by atoms with van der Waals surface area (Å²) >= 11 is 0. The average molecular weight is 395 g/mol. The Bertz CT molecular complexity index is 926. The van der Waals surface area contributed by atoms with Gasteiger partial charge in [0.05, 0.1) is 24.0 Å². The van der Waals surface area contributed by atoms with Crippen LogP contribution in [0.1, 0.15) is 66.7 Å². The number of esters is 1. The van der Waals surface area contributed by atoms with Crippen LogP contribution in [0.25, 0.3) is 0 Å². The summed E-state index contributed by atoms with van der Waals surface area (Å²) in [4.78, 5) is 16.4. The van der Waals surface area contributed by atoms with Crippen molar-refractivity contribution in [3.8, 4) is 0 Å². The molecule has 0 saturated heterocycles. The Morgan fingerprint density at radius 1 is 1.28 bits per heavy atom. The van der Waals surface area contributed by atoms with Gasteiger partial charge in [-0.1, -0.05) is 19.1 Å². The summed E-state index contributed by atoms with van der Waals surface area (Å²) in [6.07, 6.45) is 5.16. The molecule has 2 aliphatic rings. The molecule has 1 aromatic heterocycles. The molecular formula is C24H29NO4. The van der Waals surface area contributed by atoms with Crippen molar-refractivity contribution in [3.63, 3.8) is 0 Å². The highest BCUT2D eigenvalue weighted by atomic mass is 16.5. The topological polar surface area (TPSA) is 79.7 Å². The summed E-state index contributed by atoms with van der Waals surface area (Å²) in [5, 5.41) is 23.2. The normalized spacial score (nSPS) is 33.5. The molecule has 4 rings (SSSR count). The third-order valence-electron chi connectivity index (χ3n) is 7.42. The van der Waals surface area contributed by atoms with Crippen molar-refractivity contribution in [3.05, 3.63) is 65.0 Å². The number of aryl methyl sites for hydroxylation is 1. The van der Waals surface area contributed by atoms with E-state index in [1.165, 1.54) is 12.7 Å². The molecule has 29 heavy (non-hydrogen) atoms. The van der Waals surface area contributed by atoms with Gasteiger partial charge in [0.15, 0.2) is 0 Å². The predicted molar refractivity (Wildman–Crippen MR) is 110 cm³/mol. The monoisotopic (exact) mass is 395 g/mol. The van der Waals surface area contributed by atoms with Gasteiger partial charge in [0, 0.05) is 11.6 Å². The molecule has 2 aromatic rings. The Morgan fingerprint density at radius 2 is 2.07 bits per heavy atom. The van der Waals surface area contributed by atoms with E-state index < -0.39 is 11.2 Å². The number of hydrogen-bond donors (Lipinski definition) is 2. The van der Waals surface area contributed by atoms with E-state index in [1.54, 1.807) is 19.2 Å². The van der Waals surface area contributed by atoms with Crippen LogP contribution in [0, 0.1) is 5.92 Å². The van der Waals surface area contributed by atoms with Gasteiger partial charge in [0.1, 0.15) is 5.60 Å². The van der Waals surface area contributed by atoms with Crippen LogP contribution in [0.3, 0.4) is 0 Å². The van der Waals surface area contributed by atoms with Crippen LogP contribution in [0.15, 0.2) is 42.6 Å². The predicted octanol–water partition coefficient (Wildman–Crippen LogP) is 3.51. The minimum Gasteiger partial charge on any atom is -0.465 e. The zero-order chi connectivity index (χ0) is 20.9. The van der Waals surface area contributed by atoms with E-state index in [0.29, 0.717) is 24.1 Å². The first-order chi connectivity index (χ1) is 13.8. The molecule has 2 N–H and O–H groups in total. The largest absolute Gasteiger partial charge is 0.465 e. The zero-order valence-corrected chi connectivity index (χ0v) is 17.3. The van der Waals surface area contributed by atoms with Crippen molar-refractivity contribution in [2.24, 2.45) is 5.92 Å². The fraction of sp³-hybridized carbons (Fsp3) is 0.500. The minimum absolute atomic E-state index is 0.219. The molecule has 1 saturated carbocycles. The molecule has 0 aliphatic heterocycles. The van der Waals surface area contributed by atoms with Gasteiger partial charge in [0.2, 0.25) is 0 Å². The molecule has 2 aliphatic carbocycles. The molecule has 0 bridgehead atoms. The molecule has 0 amide bonds. The maximum absolute atomic E-state index is 12.0. The summed E-state index contributed by atoms with van der Waals surface area (Å²) < 4.78 is 4.88. The summed E-state index contributed by atoms with van der Waals surface area (Å²) in [5.41, 5.74) is 0.458. The molecule has 5 heteroatoms. The average Bonchev–Trinajstić information content (AvgIpc) is 2.74. The number of ether oxygens (including phenoxy) is 1. The van der Waals surface area contributed by atoms with E-state index in [9.17, 15) is 15.0 Å². The van der Waals surface area contributed by atoms with Crippen molar-refractivity contribution in [2.45, 2.75) is 62.6 Å². The molecule has 154 valence electrons. The lowest BCUT2D eigenvalue weighted by Gasteiger charge is -2.58. The molecule has 4 atom stereocenters. The quantitative estimate of drug-likeness (QED) is 0.778. The maximum Gasteiger partial charge on any atom is 0.337 e. The van der Waals surface area contributed by atoms with Crippen molar-refractivity contribution in [1.82, 2.24) is 4.98 Å². The van der Waals surface area contributed by atoms with Crippen LogP contribution in [-0.2, 0) is 22.2 Å². The van der Waals surface area contributed by atoms with Gasteiger partial charge in [-0.25, -0.2) is 4.79 Å². The van der Waals surface area contributed by atoms with Crippen LogP contribution in [0.4, 0.5) is 0 Å². The second-order valence-corrected chi connectivity index (χ2v) is 8.84. The Hall–Kier alpha value is -2.24. The molecule has 1 fully saturated rings. The summed E-state index contributed by atoms with van der Waals surface area (Å²) in [7, 11) is 1.39. The van der Waals surface area contributed by atoms with Gasteiger partial charge in [-0.05, 0) is 80.3 Å². The number of aromatic nitrogens is 1. The lowest BCUT2D eigenvalue weighted by atomic mass is 9.49. The van der Waals surface area contributed by atoms with Crippen molar-refractivity contribution < 1.29 is 19.7 Å². The fourth-order valence-corrected chi connectivity index (χ4v) is 5.82. The lowest BCUT2D eigenvalue weighted by molar-refractivity contribution is -0.207. The van der Waals surface area contributed by atoms with Crippen LogP contribution in [0.2, 0.25) is 0 Å². The Labute approximate surface area is 171 Å². The number of aliphatic hydroxyl groups is 2. The fourth-order valence-electron chi connectivity index (χ4n) is 5.82. The van der Waals surface area contributed by atoms with Crippen LogP contribution >= 0.6 is 0 Å². The van der Waals surface area contributed by atoms with E-state index in [-0.39, 0.29) is 17.3 Å². The van der Waals surface area contributed by atoms with Crippen molar-refractivity contribution in [1.29, 1.82) is 0 Å². The highest BCUT2D eigenvalue weighted by molar-refractivity contribution is 5.89. The van der Waals surface area contributed by atoms with E-state index in [1.807, 2.05) is 30.3 Å². The standard InChI is InChI=1S/C24H29NO4/c1-4-23-15-22(2,27)24(28,20-7-5-6-12-25-20)14-18(23)10-8-16-13-17(21(26)29-3)9-11-19(16)23/h5-7,9,11-13,18,27-28H,4,8,10,14-15H2,1-3H3. The third kappa shape index (κ3) is 2.90. The van der Waals surface area contributed by atoms with Crippen molar-refractivity contribution >= 4 is 5.97 Å². The first kappa shape index (κ1) is 20.0. The highest BCUT2D eigenvalue weighted by Crippen LogP contribution is 2.59. The number of carbonyl (C=O) groups is 1. The Morgan fingerprint density at radius 3 is 2.72 bits per heavy atom. The first-order valence-electron chi connectivity index (χ1n) is 10.4. The summed E-state index contributed by atoms with van der Waals surface area (Å²) in [5.74, 6) is -0.114. The molecule has 5 nitrogen and oxygen atoms in total. The van der Waals surface area contributed by atoms with Gasteiger partial charge >= 0.3 is 5.97 Å². The molecule has 4 unspecified atom stereocenters. The number of carbonyl (C=O) groups excluding carboxylic acids is 1. The second-order valence-electron chi connectivity index (χ2n) is 8.84. The number of pyridine rings is 1. The van der Waals surface area contributed by atoms with E-state index >= 15 is 0 Å². The Kier molecular flexibility index (Phi) is 4.79. The van der Waals surface area contributed by atoms with Crippen LogP contribution in [-0.4, -0.2) is 33.9 Å². The number of fused-ring (bicyclic) bond motifs is 3. The van der Waals surface area contributed by atoms with Crippen LogP contribution in [0.5, 0.6) is 0 Å². The maximum atomic E-state index is 12.0.